The standard InChI is InChI=1S/C25H42O9.C23H38O8.C21H34O7.C19H30O6.C17H26O5/c1-3-24-4-6-25(7-5-24)34-23-22-33-21-20-32-19-18-31-17-16-30-15-14-29-13-12-28-11-10-27-9-8-26-2;1-3-22-4-6-23(7-5-22)31-21-20-30-19-18-29-17-16-28-15-14-27-13-12-26-11-10-25-9-8-24-2;1-3-20-4-6-21(7-5-20)28-19-18-27-17-16-26-15-14-25-13-12-24-11-10-23-9-8-22-2;1-3-18-4-6-19(7-5-18)25-17-16-24-15-14-23-13-12-22-11-10-21-9-8-20-2;1-3-16-4-6-17(7-5-16)22-15-14-21-13-12-20-11-10-19-9-8-18-2/h3-7H,1,8-23H2,2H3;3-7H,1,8-21H2,2H3;3-7H,1,8-19H2,2H3;3-7H,1,8-17H2,2H3;3-7H,1,8-15H2,2H3. The Morgan fingerprint density at radius 1 is 0.121 bits per heavy atom. The Morgan fingerprint density at radius 2 is 0.200 bits per heavy atom. The molecule has 0 aliphatic rings. The second kappa shape index (κ2) is 110. The Hall–Kier alpha value is -7.40. The van der Waals surface area contributed by atoms with E-state index in [4.69, 9.17) is 166 Å². The van der Waals surface area contributed by atoms with Crippen LogP contribution in [0, 0.1) is 0 Å². The lowest BCUT2D eigenvalue weighted by molar-refractivity contribution is -0.0227. The summed E-state index contributed by atoms with van der Waals surface area (Å²) in [5, 5.41) is 0. The van der Waals surface area contributed by atoms with Crippen molar-refractivity contribution in [3.05, 3.63) is 182 Å². The quantitative estimate of drug-likeness (QED) is 0.0326. The van der Waals surface area contributed by atoms with Crippen molar-refractivity contribution in [3.8, 4) is 28.7 Å². The van der Waals surface area contributed by atoms with Gasteiger partial charge < -0.3 is 166 Å². The van der Waals surface area contributed by atoms with Gasteiger partial charge in [-0.3, -0.25) is 0 Å². The summed E-state index contributed by atoms with van der Waals surface area (Å²) in [5.41, 5.74) is 5.35. The molecule has 0 saturated heterocycles. The molecule has 5 aromatic carbocycles. The number of hydrogen-bond acceptors (Lipinski definition) is 35. The molecule has 0 radical (unpaired) electrons. The molecule has 5 aromatic rings. The SMILES string of the molecule is C=Cc1ccc(OCCOCCOCCOCCOC)cc1.C=Cc1ccc(OCCOCCOCCOCCOCCOC)cc1.C=Cc1ccc(OCCOCCOCCOCCOCCOCCOC)cc1.C=Cc1ccc(OCCOCCOCCOCCOCCOCCOCCOC)cc1.C=Cc1ccc(OCCOCCOCCOCCOCCOCCOCCOCCOC)cc1. The molecule has 0 N–H and O–H groups in total. The molecule has 35 nitrogen and oxygen atoms in total. The summed E-state index contributed by atoms with van der Waals surface area (Å²) < 4.78 is 187. The first-order valence-electron chi connectivity index (χ1n) is 48.0. The molecule has 0 fully saturated rings. The third-order valence-corrected chi connectivity index (χ3v) is 17.7. The highest BCUT2D eigenvalue weighted by Gasteiger charge is 2.06. The van der Waals surface area contributed by atoms with Gasteiger partial charge in [-0.25, -0.2) is 0 Å². The van der Waals surface area contributed by atoms with Crippen LogP contribution in [-0.2, 0) is 142 Å². The molecule has 5 rings (SSSR count). The van der Waals surface area contributed by atoms with E-state index in [1.165, 1.54) is 0 Å². The topological polar surface area (TPSA) is 323 Å². The summed E-state index contributed by atoms with van der Waals surface area (Å²) in [6.45, 7) is 51.5. The molecule has 0 heterocycles. The highest BCUT2D eigenvalue weighted by molar-refractivity contribution is 5.51. The summed E-state index contributed by atoms with van der Waals surface area (Å²) in [6.07, 6.45) is 9.00. The van der Waals surface area contributed by atoms with Gasteiger partial charge >= 0.3 is 0 Å². The zero-order chi connectivity index (χ0) is 101. The Balaban J connectivity index is 0.000000881. The number of rotatable bonds is 100. The third kappa shape index (κ3) is 94.2. The van der Waals surface area contributed by atoms with Crippen molar-refractivity contribution in [3.63, 3.8) is 0 Å². The van der Waals surface area contributed by atoms with Crippen LogP contribution in [0.15, 0.2) is 154 Å². The molecule has 0 saturated carbocycles. The fourth-order valence-electron chi connectivity index (χ4n) is 10.2. The predicted molar refractivity (Wildman–Crippen MR) is 540 cm³/mol. The molecule has 800 valence electrons. The average molecular weight is 1990 g/mol. The second-order valence-corrected chi connectivity index (χ2v) is 28.4. The molecule has 0 unspecified atom stereocenters. The highest BCUT2D eigenvalue weighted by atomic mass is 16.6. The fraction of sp³-hybridized carbons (Fsp3) is 0.619. The summed E-state index contributed by atoms with van der Waals surface area (Å²) in [5.74, 6) is 4.13. The van der Waals surface area contributed by atoms with Crippen molar-refractivity contribution in [2.45, 2.75) is 0 Å². The minimum absolute atomic E-state index is 0.500. The van der Waals surface area contributed by atoms with E-state index in [9.17, 15) is 0 Å². The van der Waals surface area contributed by atoms with Crippen molar-refractivity contribution >= 4 is 30.4 Å². The van der Waals surface area contributed by atoms with E-state index < -0.39 is 0 Å². The molecule has 0 amide bonds. The van der Waals surface area contributed by atoms with Crippen LogP contribution in [0.1, 0.15) is 27.8 Å². The Labute approximate surface area is 835 Å². The van der Waals surface area contributed by atoms with Crippen molar-refractivity contribution in [2.75, 3.05) is 432 Å². The first-order valence-corrected chi connectivity index (χ1v) is 48.0. The van der Waals surface area contributed by atoms with Gasteiger partial charge in [0.15, 0.2) is 0 Å². The first kappa shape index (κ1) is 131. The zero-order valence-corrected chi connectivity index (χ0v) is 84.7. The molecular weight excluding hydrogens is 1820 g/mol. The van der Waals surface area contributed by atoms with Gasteiger partial charge in [-0.15, -0.1) is 0 Å². The lowest BCUT2D eigenvalue weighted by Gasteiger charge is -2.09. The molecule has 0 bridgehead atoms. The number of ether oxygens (including phenoxy) is 35. The van der Waals surface area contributed by atoms with E-state index in [1.54, 1.807) is 65.9 Å². The van der Waals surface area contributed by atoms with Gasteiger partial charge in [-0.05, 0) is 88.5 Å². The van der Waals surface area contributed by atoms with E-state index in [0.717, 1.165) is 56.6 Å². The smallest absolute Gasteiger partial charge is 0.119 e. The predicted octanol–water partition coefficient (Wildman–Crippen LogP) is 12.2. The summed E-state index contributed by atoms with van der Waals surface area (Å²) in [4.78, 5) is 0. The minimum Gasteiger partial charge on any atom is -0.491 e. The molecule has 0 aliphatic carbocycles. The van der Waals surface area contributed by atoms with E-state index in [1.807, 2.05) is 121 Å². The van der Waals surface area contributed by atoms with Gasteiger partial charge in [0.2, 0.25) is 0 Å². The van der Waals surface area contributed by atoms with Crippen molar-refractivity contribution in [2.24, 2.45) is 0 Å². The van der Waals surface area contributed by atoms with Crippen LogP contribution in [0.5, 0.6) is 28.7 Å². The first-order chi connectivity index (χ1) is 69.3. The van der Waals surface area contributed by atoms with Gasteiger partial charge in [0.1, 0.15) is 61.8 Å². The number of methoxy groups -OCH3 is 5. The number of benzene rings is 5. The maximum atomic E-state index is 5.60. The zero-order valence-electron chi connectivity index (χ0n) is 84.7. The monoisotopic (exact) mass is 1990 g/mol. The summed E-state index contributed by atoms with van der Waals surface area (Å²) >= 11 is 0. The fourth-order valence-corrected chi connectivity index (χ4v) is 10.2. The highest BCUT2D eigenvalue weighted by Crippen LogP contribution is 2.17. The Morgan fingerprint density at radius 3 is 0.279 bits per heavy atom. The van der Waals surface area contributed by atoms with Gasteiger partial charge in [0, 0.05) is 35.5 Å². The van der Waals surface area contributed by atoms with E-state index in [2.05, 4.69) is 32.9 Å². The van der Waals surface area contributed by atoms with Crippen molar-refractivity contribution in [1.82, 2.24) is 0 Å². The largest absolute Gasteiger partial charge is 0.491 e. The van der Waals surface area contributed by atoms with Gasteiger partial charge in [0.25, 0.3) is 0 Å². The molecule has 0 aliphatic heterocycles. The van der Waals surface area contributed by atoms with Crippen LogP contribution in [0.2, 0.25) is 0 Å². The summed E-state index contributed by atoms with van der Waals surface area (Å²) in [6, 6.07) is 38.8. The molecule has 0 spiro atoms. The third-order valence-electron chi connectivity index (χ3n) is 17.7. The Kier molecular flexibility index (Phi) is 103. The van der Waals surface area contributed by atoms with Gasteiger partial charge in [-0.1, -0.05) is 124 Å². The van der Waals surface area contributed by atoms with E-state index >= 15 is 0 Å². The minimum atomic E-state index is 0.500. The van der Waals surface area contributed by atoms with Gasteiger partial charge in [-0.2, -0.15) is 0 Å². The van der Waals surface area contributed by atoms with Crippen LogP contribution in [0.3, 0.4) is 0 Å². The summed E-state index contributed by atoms with van der Waals surface area (Å²) in [7, 11) is 8.24. The second-order valence-electron chi connectivity index (χ2n) is 28.4. The van der Waals surface area contributed by atoms with E-state index in [-0.39, 0.29) is 0 Å². The molecule has 35 heteroatoms. The normalized spacial score (nSPS) is 10.9. The molecule has 0 aromatic heterocycles. The van der Waals surface area contributed by atoms with E-state index in [0.29, 0.717) is 396 Å². The maximum Gasteiger partial charge on any atom is 0.119 e. The van der Waals surface area contributed by atoms with Crippen LogP contribution >= 0.6 is 0 Å². The van der Waals surface area contributed by atoms with Crippen LogP contribution in [0.25, 0.3) is 30.4 Å². The maximum absolute atomic E-state index is 5.60. The van der Waals surface area contributed by atoms with Crippen LogP contribution < -0.4 is 23.7 Å². The van der Waals surface area contributed by atoms with Crippen LogP contribution in [0.4, 0.5) is 0 Å². The Bertz CT molecular complexity index is 3340. The lowest BCUT2D eigenvalue weighted by atomic mass is 10.2. The number of hydrogen-bond donors (Lipinski definition) is 0. The molecule has 0 atom stereocenters. The lowest BCUT2D eigenvalue weighted by Crippen LogP contribution is -2.15. The van der Waals surface area contributed by atoms with Gasteiger partial charge in [0.05, 0.1) is 363 Å². The van der Waals surface area contributed by atoms with Crippen LogP contribution in [-0.4, -0.2) is 432 Å². The average Bonchev–Trinajstić information content (AvgIpc) is 0.940. The molecule has 140 heavy (non-hydrogen) atoms. The van der Waals surface area contributed by atoms with Crippen molar-refractivity contribution < 1.29 is 166 Å². The van der Waals surface area contributed by atoms with Crippen molar-refractivity contribution in [1.29, 1.82) is 0 Å². The molecular formula is C105H170O35.